The molecule has 1 aromatic carbocycles. The fourth-order valence-electron chi connectivity index (χ4n) is 2.12. The second-order valence-corrected chi connectivity index (χ2v) is 4.87. The lowest BCUT2D eigenvalue weighted by Gasteiger charge is -2.35. The molecule has 6 nitrogen and oxygen atoms in total. The number of hydrogen-bond acceptors (Lipinski definition) is 5. The summed E-state index contributed by atoms with van der Waals surface area (Å²) in [6, 6.07) is 8.74. The summed E-state index contributed by atoms with van der Waals surface area (Å²) in [4.78, 5) is 12.9. The number of nitrogens with zero attached hydrogens (tertiary/aromatic N) is 2. The van der Waals surface area contributed by atoms with Crippen LogP contribution in [0.1, 0.15) is 10.5 Å². The number of rotatable bonds is 4. The van der Waals surface area contributed by atoms with Crippen molar-refractivity contribution in [3.05, 3.63) is 36.0 Å². The van der Waals surface area contributed by atoms with E-state index in [4.69, 9.17) is 14.4 Å². The maximum atomic E-state index is 10.7. The minimum Gasteiger partial charge on any atom is -0.488 e. The lowest BCUT2D eigenvalue weighted by molar-refractivity contribution is 0.0388. The highest BCUT2D eigenvalue weighted by Gasteiger charge is 2.24. The minimum absolute atomic E-state index is 0.0992. The topological polar surface area (TPSA) is 75.8 Å². The molecular formula is C14H14N2O4. The van der Waals surface area contributed by atoms with E-state index < -0.39 is 5.97 Å². The Hall–Kier alpha value is -2.34. The second kappa shape index (κ2) is 4.97. The normalized spacial score (nSPS) is 15.8. The van der Waals surface area contributed by atoms with E-state index in [1.54, 1.807) is 0 Å². The van der Waals surface area contributed by atoms with Gasteiger partial charge < -0.3 is 14.4 Å². The van der Waals surface area contributed by atoms with Crippen LogP contribution in [0.25, 0.3) is 11.3 Å². The van der Waals surface area contributed by atoms with Crippen LogP contribution < -0.4 is 4.74 Å². The molecule has 1 fully saturated rings. The van der Waals surface area contributed by atoms with E-state index in [1.165, 1.54) is 6.07 Å². The van der Waals surface area contributed by atoms with Gasteiger partial charge in [0, 0.05) is 24.7 Å². The molecule has 6 heteroatoms. The fourth-order valence-corrected chi connectivity index (χ4v) is 2.12. The molecule has 1 saturated heterocycles. The molecule has 20 heavy (non-hydrogen) atoms. The number of hydrogen-bond donors (Lipinski definition) is 1. The molecule has 0 radical (unpaired) electrons. The summed E-state index contributed by atoms with van der Waals surface area (Å²) in [6.07, 6.45) is 0.245. The van der Waals surface area contributed by atoms with Crippen LogP contribution in [0.4, 0.5) is 0 Å². The molecular weight excluding hydrogens is 260 g/mol. The van der Waals surface area contributed by atoms with Gasteiger partial charge in [0.15, 0.2) is 11.5 Å². The Bertz CT molecular complexity index is 614. The highest BCUT2D eigenvalue weighted by molar-refractivity contribution is 5.86. The molecule has 3 rings (SSSR count). The summed E-state index contributed by atoms with van der Waals surface area (Å²) in [5, 5.41) is 12.3. The Morgan fingerprint density at radius 1 is 1.40 bits per heavy atom. The van der Waals surface area contributed by atoms with E-state index in [9.17, 15) is 4.79 Å². The molecule has 0 bridgehead atoms. The van der Waals surface area contributed by atoms with Gasteiger partial charge in [-0.25, -0.2) is 4.79 Å². The van der Waals surface area contributed by atoms with Crippen LogP contribution in [-0.4, -0.2) is 47.4 Å². The Balaban J connectivity index is 1.70. The third-order valence-corrected chi connectivity index (χ3v) is 3.20. The summed E-state index contributed by atoms with van der Waals surface area (Å²) in [6.45, 7) is 1.87. The van der Waals surface area contributed by atoms with Gasteiger partial charge in [-0.1, -0.05) is 5.16 Å². The van der Waals surface area contributed by atoms with Crippen molar-refractivity contribution in [1.29, 1.82) is 0 Å². The average Bonchev–Trinajstić information content (AvgIpc) is 2.87. The first-order chi connectivity index (χ1) is 9.61. The van der Waals surface area contributed by atoms with E-state index in [0.717, 1.165) is 24.4 Å². The summed E-state index contributed by atoms with van der Waals surface area (Å²) >= 11 is 0. The molecule has 0 atom stereocenters. The zero-order valence-electron chi connectivity index (χ0n) is 10.9. The number of carboxylic acid groups (broad SMARTS) is 1. The fraction of sp³-hybridized carbons (Fsp3) is 0.286. The molecule has 0 saturated carbocycles. The van der Waals surface area contributed by atoms with E-state index in [1.807, 2.05) is 31.3 Å². The van der Waals surface area contributed by atoms with Crippen molar-refractivity contribution in [1.82, 2.24) is 10.1 Å². The van der Waals surface area contributed by atoms with Crippen LogP contribution in [0.5, 0.6) is 5.75 Å². The van der Waals surface area contributed by atoms with Gasteiger partial charge in [-0.15, -0.1) is 0 Å². The molecule has 2 aromatic rings. The number of carbonyl (C=O) groups is 1. The Morgan fingerprint density at radius 2 is 2.10 bits per heavy atom. The molecule has 1 aliphatic rings. The van der Waals surface area contributed by atoms with E-state index >= 15 is 0 Å². The lowest BCUT2D eigenvalue weighted by atomic mass is 10.1. The lowest BCUT2D eigenvalue weighted by Crippen LogP contribution is -2.51. The molecule has 104 valence electrons. The molecule has 1 N–H and O–H groups in total. The summed E-state index contributed by atoms with van der Waals surface area (Å²) in [5.41, 5.74) is 0.668. The highest BCUT2D eigenvalue weighted by Crippen LogP contribution is 2.24. The number of benzene rings is 1. The molecule has 0 aliphatic carbocycles. The maximum absolute atomic E-state index is 10.7. The van der Waals surface area contributed by atoms with Crippen LogP contribution in [-0.2, 0) is 0 Å². The third kappa shape index (κ3) is 2.50. The van der Waals surface area contributed by atoms with Crippen molar-refractivity contribution in [2.45, 2.75) is 6.10 Å². The maximum Gasteiger partial charge on any atom is 0.358 e. The first-order valence-electron chi connectivity index (χ1n) is 6.27. The van der Waals surface area contributed by atoms with Crippen molar-refractivity contribution in [3.8, 4) is 17.1 Å². The zero-order valence-corrected chi connectivity index (χ0v) is 10.9. The van der Waals surface area contributed by atoms with Crippen LogP contribution in [0.2, 0.25) is 0 Å². The van der Waals surface area contributed by atoms with E-state index in [0.29, 0.717) is 5.76 Å². The number of likely N-dealkylation sites (N-methyl/N-ethyl adjacent to an activating group) is 1. The molecule has 0 amide bonds. The van der Waals surface area contributed by atoms with Crippen molar-refractivity contribution < 1.29 is 19.2 Å². The molecule has 1 aromatic heterocycles. The molecule has 0 spiro atoms. The largest absolute Gasteiger partial charge is 0.488 e. The Morgan fingerprint density at radius 3 is 2.65 bits per heavy atom. The molecule has 2 heterocycles. The number of ether oxygens (including phenoxy) is 1. The van der Waals surface area contributed by atoms with Gasteiger partial charge in [0.2, 0.25) is 0 Å². The van der Waals surface area contributed by atoms with Crippen molar-refractivity contribution in [2.24, 2.45) is 0 Å². The van der Waals surface area contributed by atoms with Crippen LogP contribution >= 0.6 is 0 Å². The van der Waals surface area contributed by atoms with Crippen LogP contribution in [0.15, 0.2) is 34.9 Å². The van der Waals surface area contributed by atoms with Gasteiger partial charge in [0.05, 0.1) is 0 Å². The molecule has 0 unspecified atom stereocenters. The summed E-state index contributed by atoms with van der Waals surface area (Å²) in [7, 11) is 2.05. The van der Waals surface area contributed by atoms with Gasteiger partial charge in [-0.05, 0) is 31.3 Å². The van der Waals surface area contributed by atoms with Crippen molar-refractivity contribution in [3.63, 3.8) is 0 Å². The average molecular weight is 274 g/mol. The van der Waals surface area contributed by atoms with Gasteiger partial charge in [-0.3, -0.25) is 4.90 Å². The van der Waals surface area contributed by atoms with Gasteiger partial charge in [0.1, 0.15) is 11.9 Å². The highest BCUT2D eigenvalue weighted by atomic mass is 16.5. The minimum atomic E-state index is -1.10. The quantitative estimate of drug-likeness (QED) is 0.915. The second-order valence-electron chi connectivity index (χ2n) is 4.87. The zero-order chi connectivity index (χ0) is 14.1. The first kappa shape index (κ1) is 12.7. The standard InChI is InChI=1S/C14H14N2O4/c1-16-7-11(8-16)19-10-4-2-9(3-5-10)13-6-12(14(17)18)15-20-13/h2-6,11H,7-8H2,1H3,(H,17,18). The summed E-state index contributed by atoms with van der Waals surface area (Å²) in [5.74, 6) is 0.121. The van der Waals surface area contributed by atoms with Gasteiger partial charge in [-0.2, -0.15) is 0 Å². The van der Waals surface area contributed by atoms with E-state index in [-0.39, 0.29) is 11.8 Å². The van der Waals surface area contributed by atoms with Gasteiger partial charge >= 0.3 is 5.97 Å². The Labute approximate surface area is 115 Å². The third-order valence-electron chi connectivity index (χ3n) is 3.20. The van der Waals surface area contributed by atoms with Gasteiger partial charge in [0.25, 0.3) is 0 Å². The van der Waals surface area contributed by atoms with E-state index in [2.05, 4.69) is 10.1 Å². The number of aromatic carboxylic acids is 1. The number of likely N-dealkylation sites (tertiary alicyclic amines) is 1. The first-order valence-corrected chi connectivity index (χ1v) is 6.27. The molecule has 1 aliphatic heterocycles. The Kier molecular flexibility index (Phi) is 3.15. The monoisotopic (exact) mass is 274 g/mol. The predicted octanol–water partition coefficient (Wildman–Crippen LogP) is 1.73. The van der Waals surface area contributed by atoms with Crippen molar-refractivity contribution in [2.75, 3.05) is 20.1 Å². The predicted molar refractivity (Wildman–Crippen MR) is 70.8 cm³/mol. The number of aromatic nitrogens is 1. The summed E-state index contributed by atoms with van der Waals surface area (Å²) < 4.78 is 10.8. The SMILES string of the molecule is CN1CC(Oc2ccc(-c3cc(C(=O)O)no3)cc2)C1. The smallest absolute Gasteiger partial charge is 0.358 e. The van der Waals surface area contributed by atoms with Crippen molar-refractivity contribution >= 4 is 5.97 Å². The van der Waals surface area contributed by atoms with Crippen LogP contribution in [0, 0.1) is 0 Å². The van der Waals surface area contributed by atoms with Crippen LogP contribution in [0.3, 0.4) is 0 Å². The number of carboxylic acids is 1.